The molecule has 196 valence electrons. The Kier molecular flexibility index (Phi) is 7.17. The first-order valence-electron chi connectivity index (χ1n) is 12.0. The number of anilines is 1. The van der Waals surface area contributed by atoms with Gasteiger partial charge in [-0.15, -0.1) is 0 Å². The number of aryl methyl sites for hydroxylation is 1. The third-order valence-corrected chi connectivity index (χ3v) is 5.93. The second-order valence-electron chi connectivity index (χ2n) is 8.62. The third-order valence-electron chi connectivity index (χ3n) is 5.93. The van der Waals surface area contributed by atoms with Crippen molar-refractivity contribution in [2.75, 3.05) is 19.5 Å². The van der Waals surface area contributed by atoms with E-state index < -0.39 is 11.5 Å². The van der Waals surface area contributed by atoms with E-state index in [0.717, 1.165) is 10.9 Å². The number of hydrogen-bond donors (Lipinski definition) is 1. The fourth-order valence-corrected chi connectivity index (χ4v) is 4.06. The van der Waals surface area contributed by atoms with E-state index in [2.05, 4.69) is 20.4 Å². The number of carbonyl (C=O) groups excluding carboxylic acids is 1. The molecule has 0 aliphatic rings. The molecule has 0 saturated carbocycles. The lowest BCUT2D eigenvalue weighted by Crippen LogP contribution is -2.32. The van der Waals surface area contributed by atoms with Crippen molar-refractivity contribution in [3.63, 3.8) is 0 Å². The number of fused-ring (bicyclic) bond motifs is 1. The molecule has 5 rings (SSSR count). The topological polar surface area (TPSA) is 117 Å². The number of amides is 1. The first kappa shape index (κ1) is 25.4. The monoisotopic (exact) mass is 523 g/mol. The molecule has 1 N–H and O–H groups in total. The second kappa shape index (κ2) is 11.0. The highest BCUT2D eigenvalue weighted by Gasteiger charge is 2.16. The SMILES string of the molecule is COc1cc2nccc(Oc3ccc(NC(=O)c4cc(C)nn(Cc5ccccc5)c4=O)nc3)c2cc1OC. The minimum Gasteiger partial charge on any atom is -0.493 e. The van der Waals surface area contributed by atoms with E-state index in [9.17, 15) is 9.59 Å². The molecule has 2 aromatic carbocycles. The first-order chi connectivity index (χ1) is 18.9. The van der Waals surface area contributed by atoms with E-state index in [1.54, 1.807) is 57.7 Å². The molecule has 0 atom stereocenters. The Labute approximate surface area is 223 Å². The molecule has 0 unspecified atom stereocenters. The molecule has 1 amide bonds. The lowest BCUT2D eigenvalue weighted by atomic mass is 10.2. The van der Waals surface area contributed by atoms with Gasteiger partial charge < -0.3 is 19.5 Å². The molecule has 0 bridgehead atoms. The number of rotatable bonds is 8. The summed E-state index contributed by atoms with van der Waals surface area (Å²) in [5.41, 5.74) is 1.62. The summed E-state index contributed by atoms with van der Waals surface area (Å²) in [4.78, 5) is 34.6. The van der Waals surface area contributed by atoms with Crippen molar-refractivity contribution >= 4 is 22.6 Å². The number of pyridine rings is 2. The number of carbonyl (C=O) groups is 1. The summed E-state index contributed by atoms with van der Waals surface area (Å²) in [6.45, 7) is 1.99. The summed E-state index contributed by atoms with van der Waals surface area (Å²) in [5, 5.41) is 7.69. The van der Waals surface area contributed by atoms with E-state index in [0.29, 0.717) is 34.2 Å². The molecular formula is C29H25N5O5. The summed E-state index contributed by atoms with van der Waals surface area (Å²) < 4.78 is 18.1. The van der Waals surface area contributed by atoms with Gasteiger partial charge in [0.05, 0.1) is 38.2 Å². The molecule has 0 radical (unpaired) electrons. The highest BCUT2D eigenvalue weighted by Crippen LogP contribution is 2.36. The number of methoxy groups -OCH3 is 2. The van der Waals surface area contributed by atoms with E-state index in [1.165, 1.54) is 16.9 Å². The fraction of sp³-hybridized carbons (Fsp3) is 0.138. The van der Waals surface area contributed by atoms with Crippen LogP contribution in [0, 0.1) is 6.92 Å². The molecule has 5 aromatic rings. The number of aromatic nitrogens is 4. The molecule has 0 spiro atoms. The third kappa shape index (κ3) is 5.54. The van der Waals surface area contributed by atoms with Gasteiger partial charge in [-0.3, -0.25) is 14.6 Å². The van der Waals surface area contributed by atoms with Gasteiger partial charge in [-0.05, 0) is 42.8 Å². The van der Waals surface area contributed by atoms with Gasteiger partial charge >= 0.3 is 0 Å². The largest absolute Gasteiger partial charge is 0.493 e. The van der Waals surface area contributed by atoms with Crippen LogP contribution in [0.15, 0.2) is 83.9 Å². The molecule has 10 heteroatoms. The van der Waals surface area contributed by atoms with Crippen LogP contribution in [0.5, 0.6) is 23.0 Å². The number of ether oxygens (including phenoxy) is 3. The Bertz CT molecular complexity index is 1700. The first-order valence-corrected chi connectivity index (χ1v) is 12.0. The Morgan fingerprint density at radius 2 is 1.69 bits per heavy atom. The van der Waals surface area contributed by atoms with Crippen molar-refractivity contribution in [2.45, 2.75) is 13.5 Å². The fourth-order valence-electron chi connectivity index (χ4n) is 4.06. The van der Waals surface area contributed by atoms with Crippen molar-refractivity contribution in [1.29, 1.82) is 0 Å². The molecule has 0 aliphatic carbocycles. The zero-order valence-corrected chi connectivity index (χ0v) is 21.5. The summed E-state index contributed by atoms with van der Waals surface area (Å²) in [7, 11) is 3.12. The zero-order chi connectivity index (χ0) is 27.4. The van der Waals surface area contributed by atoms with Gasteiger partial charge in [-0.25, -0.2) is 9.67 Å². The molecule has 0 aliphatic heterocycles. The van der Waals surface area contributed by atoms with Gasteiger partial charge in [0.25, 0.3) is 11.5 Å². The van der Waals surface area contributed by atoms with Crippen LogP contribution in [-0.2, 0) is 6.54 Å². The lowest BCUT2D eigenvalue weighted by Gasteiger charge is -2.12. The molecule has 10 nitrogen and oxygen atoms in total. The Balaban J connectivity index is 1.34. The van der Waals surface area contributed by atoms with Crippen LogP contribution in [0.3, 0.4) is 0 Å². The minimum absolute atomic E-state index is 0.0202. The highest BCUT2D eigenvalue weighted by atomic mass is 16.5. The average Bonchev–Trinajstić information content (AvgIpc) is 2.95. The van der Waals surface area contributed by atoms with Gasteiger partial charge in [-0.1, -0.05) is 30.3 Å². The van der Waals surface area contributed by atoms with E-state index >= 15 is 0 Å². The average molecular weight is 524 g/mol. The molecule has 39 heavy (non-hydrogen) atoms. The van der Waals surface area contributed by atoms with Gasteiger partial charge in [-0.2, -0.15) is 5.10 Å². The maximum absolute atomic E-state index is 13.0. The zero-order valence-electron chi connectivity index (χ0n) is 21.5. The summed E-state index contributed by atoms with van der Waals surface area (Å²) in [6, 6.07) is 19.5. The Morgan fingerprint density at radius 3 is 2.41 bits per heavy atom. The Hall–Kier alpha value is -5.25. The van der Waals surface area contributed by atoms with Crippen molar-refractivity contribution in [2.24, 2.45) is 0 Å². The quantitative estimate of drug-likeness (QED) is 0.314. The van der Waals surface area contributed by atoms with Crippen LogP contribution in [0.4, 0.5) is 5.82 Å². The predicted octanol–water partition coefficient (Wildman–Crippen LogP) is 4.61. The molecule has 0 fully saturated rings. The molecular weight excluding hydrogens is 498 g/mol. The summed E-state index contributed by atoms with van der Waals surface area (Å²) in [6.07, 6.45) is 3.11. The number of benzene rings is 2. The van der Waals surface area contributed by atoms with Crippen LogP contribution in [0.1, 0.15) is 21.6 Å². The van der Waals surface area contributed by atoms with E-state index in [4.69, 9.17) is 14.2 Å². The smallest absolute Gasteiger partial charge is 0.279 e. The highest BCUT2D eigenvalue weighted by molar-refractivity contribution is 6.03. The molecule has 3 aromatic heterocycles. The maximum Gasteiger partial charge on any atom is 0.279 e. The maximum atomic E-state index is 13.0. The summed E-state index contributed by atoms with van der Waals surface area (Å²) >= 11 is 0. The number of hydrogen-bond acceptors (Lipinski definition) is 8. The normalized spacial score (nSPS) is 10.7. The van der Waals surface area contributed by atoms with Crippen molar-refractivity contribution in [3.8, 4) is 23.0 Å². The molecule has 0 saturated heterocycles. The van der Waals surface area contributed by atoms with Crippen LogP contribution in [0.25, 0.3) is 10.9 Å². The van der Waals surface area contributed by atoms with Crippen LogP contribution in [0.2, 0.25) is 0 Å². The van der Waals surface area contributed by atoms with Gasteiger partial charge in [0.1, 0.15) is 22.9 Å². The van der Waals surface area contributed by atoms with E-state index in [-0.39, 0.29) is 17.9 Å². The van der Waals surface area contributed by atoms with Crippen molar-refractivity contribution in [1.82, 2.24) is 19.7 Å². The van der Waals surface area contributed by atoms with Crippen LogP contribution >= 0.6 is 0 Å². The second-order valence-corrected chi connectivity index (χ2v) is 8.62. The standard InChI is InChI=1S/C29H25N5O5/c1-18-13-22(29(36)34(33-18)17-19-7-5-4-6-8-19)28(35)32-27-10-9-20(16-31-27)39-24-11-12-30-23-15-26(38-3)25(37-2)14-21(23)24/h4-16H,17H2,1-3H3,(H,31,32,35). The number of nitrogens with one attached hydrogen (secondary N) is 1. The van der Waals surface area contributed by atoms with Crippen molar-refractivity contribution in [3.05, 3.63) is 106 Å². The molecule has 3 heterocycles. The van der Waals surface area contributed by atoms with Gasteiger partial charge in [0.15, 0.2) is 11.5 Å². The van der Waals surface area contributed by atoms with Gasteiger partial charge in [0.2, 0.25) is 0 Å². The van der Waals surface area contributed by atoms with Crippen LogP contribution in [-0.4, -0.2) is 39.9 Å². The Morgan fingerprint density at radius 1 is 0.923 bits per heavy atom. The number of nitrogens with zero attached hydrogens (tertiary/aromatic N) is 4. The van der Waals surface area contributed by atoms with E-state index in [1.807, 2.05) is 30.3 Å². The van der Waals surface area contributed by atoms with Crippen LogP contribution < -0.4 is 25.1 Å². The van der Waals surface area contributed by atoms with Crippen molar-refractivity contribution < 1.29 is 19.0 Å². The lowest BCUT2D eigenvalue weighted by molar-refractivity contribution is 0.102. The summed E-state index contributed by atoms with van der Waals surface area (Å²) in [5.74, 6) is 1.79. The van der Waals surface area contributed by atoms with Gasteiger partial charge in [0, 0.05) is 17.6 Å². The predicted molar refractivity (Wildman–Crippen MR) is 146 cm³/mol. The minimum atomic E-state index is -0.574.